The van der Waals surface area contributed by atoms with Gasteiger partial charge in [-0.25, -0.2) is 9.97 Å². The molecule has 2 N–H and O–H groups in total. The molecular weight excluding hydrogens is 450 g/mol. The Morgan fingerprint density at radius 2 is 2.03 bits per heavy atom. The Bertz CT molecular complexity index is 1080. The molecule has 1 unspecified atom stereocenters. The zero-order valence-corrected chi connectivity index (χ0v) is 21.3. The summed E-state index contributed by atoms with van der Waals surface area (Å²) in [5.41, 5.74) is 6.30. The minimum Gasteiger partial charge on any atom is -0.460 e. The summed E-state index contributed by atoms with van der Waals surface area (Å²) in [5.74, 6) is -0.116. The van der Waals surface area contributed by atoms with E-state index >= 15 is 0 Å². The highest BCUT2D eigenvalue weighted by Crippen LogP contribution is 2.44. The van der Waals surface area contributed by atoms with Gasteiger partial charge in [-0.15, -0.1) is 0 Å². The average molecular weight is 488 g/mol. The second-order valence-corrected chi connectivity index (χ2v) is 11.4. The van der Waals surface area contributed by atoms with Gasteiger partial charge in [0, 0.05) is 25.7 Å². The van der Waals surface area contributed by atoms with E-state index in [4.69, 9.17) is 24.7 Å². The summed E-state index contributed by atoms with van der Waals surface area (Å²) in [6.07, 6.45) is 4.85. The van der Waals surface area contributed by atoms with Crippen molar-refractivity contribution >= 4 is 22.8 Å². The molecule has 3 aliphatic rings. The van der Waals surface area contributed by atoms with Gasteiger partial charge in [0.15, 0.2) is 12.0 Å². The Morgan fingerprint density at radius 1 is 1.26 bits per heavy atom. The quantitative estimate of drug-likeness (QED) is 0.636. The molecule has 0 aromatic carbocycles. The number of aromatic nitrogens is 3. The van der Waals surface area contributed by atoms with Gasteiger partial charge in [-0.2, -0.15) is 0 Å². The molecule has 5 atom stereocenters. The number of rotatable bonds is 5. The standard InChI is InChI=1S/C25H37N5O5/c1-24(2,3)33-18(31)11-15-7-6-9-29(12-15)13-17-19-20(35-25(4,5)34-19)23(32-17)30-10-8-16-21(26)27-14-28-22(16)30/h8,10,14-15,17,19-20,23H,6-7,9,11-13H2,1-5H3,(H2,26,27,28)/t15?,17-,19-,20-,23-/m1/s1. The molecule has 192 valence electrons. The van der Waals surface area contributed by atoms with Crippen LogP contribution in [-0.4, -0.2) is 74.7 Å². The van der Waals surface area contributed by atoms with Crippen molar-refractivity contribution in [2.45, 2.75) is 89.8 Å². The Labute approximate surface area is 206 Å². The Balaban J connectivity index is 1.30. The first-order chi connectivity index (χ1) is 16.5. The maximum atomic E-state index is 12.4. The van der Waals surface area contributed by atoms with E-state index < -0.39 is 11.4 Å². The molecule has 5 rings (SSSR count). The first-order valence-corrected chi connectivity index (χ1v) is 12.5. The van der Waals surface area contributed by atoms with Crippen LogP contribution in [0, 0.1) is 5.92 Å². The zero-order valence-electron chi connectivity index (χ0n) is 21.3. The van der Waals surface area contributed by atoms with Crippen LogP contribution in [0.5, 0.6) is 0 Å². The topological polar surface area (TPSA) is 114 Å². The van der Waals surface area contributed by atoms with Gasteiger partial charge in [-0.3, -0.25) is 4.79 Å². The van der Waals surface area contributed by atoms with Gasteiger partial charge in [0.25, 0.3) is 0 Å². The predicted molar refractivity (Wildman–Crippen MR) is 129 cm³/mol. The van der Waals surface area contributed by atoms with Crippen molar-refractivity contribution in [3.05, 3.63) is 18.6 Å². The van der Waals surface area contributed by atoms with Crippen molar-refractivity contribution < 1.29 is 23.7 Å². The van der Waals surface area contributed by atoms with Gasteiger partial charge in [0.1, 0.15) is 41.7 Å². The Kier molecular flexibility index (Phi) is 6.27. The number of carbonyl (C=O) groups excluding carboxylic acids is 1. The third kappa shape index (κ3) is 5.16. The highest BCUT2D eigenvalue weighted by Gasteiger charge is 2.56. The van der Waals surface area contributed by atoms with Crippen LogP contribution in [0.15, 0.2) is 18.6 Å². The molecule has 35 heavy (non-hydrogen) atoms. The highest BCUT2D eigenvalue weighted by atomic mass is 16.8. The van der Waals surface area contributed by atoms with Crippen LogP contribution in [0.1, 0.15) is 60.1 Å². The molecule has 3 fully saturated rings. The lowest BCUT2D eigenvalue weighted by Crippen LogP contribution is -2.44. The lowest BCUT2D eigenvalue weighted by molar-refractivity contribution is -0.198. The van der Waals surface area contributed by atoms with E-state index in [1.165, 1.54) is 6.33 Å². The van der Waals surface area contributed by atoms with E-state index in [0.29, 0.717) is 24.4 Å². The number of ether oxygens (including phenoxy) is 4. The van der Waals surface area contributed by atoms with Crippen LogP contribution >= 0.6 is 0 Å². The number of esters is 1. The minimum absolute atomic E-state index is 0.128. The normalized spacial score (nSPS) is 31.1. The molecule has 10 nitrogen and oxygen atoms in total. The van der Waals surface area contributed by atoms with Gasteiger partial charge >= 0.3 is 5.97 Å². The van der Waals surface area contributed by atoms with Crippen molar-refractivity contribution in [3.63, 3.8) is 0 Å². The lowest BCUT2D eigenvalue weighted by atomic mass is 9.94. The third-order valence-corrected chi connectivity index (χ3v) is 6.86. The number of nitrogens with zero attached hydrogens (tertiary/aromatic N) is 4. The number of piperidine rings is 1. The first kappa shape index (κ1) is 24.4. The second-order valence-electron chi connectivity index (χ2n) is 11.4. The maximum absolute atomic E-state index is 12.4. The molecule has 0 saturated carbocycles. The fourth-order valence-corrected chi connectivity index (χ4v) is 5.58. The summed E-state index contributed by atoms with van der Waals surface area (Å²) in [7, 11) is 0. The van der Waals surface area contributed by atoms with Crippen LogP contribution in [0.25, 0.3) is 11.0 Å². The second kappa shape index (κ2) is 8.99. The van der Waals surface area contributed by atoms with E-state index in [1.54, 1.807) is 0 Å². The van der Waals surface area contributed by atoms with Crippen LogP contribution in [-0.2, 0) is 23.7 Å². The molecule has 0 aliphatic carbocycles. The molecule has 0 bridgehead atoms. The largest absolute Gasteiger partial charge is 0.460 e. The number of nitrogens with two attached hydrogens (primary N) is 1. The van der Waals surface area contributed by atoms with Crippen molar-refractivity contribution in [1.82, 2.24) is 19.4 Å². The molecule has 2 aromatic heterocycles. The summed E-state index contributed by atoms with van der Waals surface area (Å²) >= 11 is 0. The van der Waals surface area contributed by atoms with Gasteiger partial charge in [-0.1, -0.05) is 0 Å². The molecule has 3 aliphatic heterocycles. The molecule has 10 heteroatoms. The first-order valence-electron chi connectivity index (χ1n) is 12.5. The number of hydrogen-bond donors (Lipinski definition) is 1. The van der Waals surface area contributed by atoms with E-state index in [1.807, 2.05) is 51.4 Å². The molecular formula is C25H37N5O5. The molecule has 5 heterocycles. The van der Waals surface area contributed by atoms with Gasteiger partial charge < -0.3 is 34.1 Å². The summed E-state index contributed by atoms with van der Waals surface area (Å²) < 4.78 is 26.7. The summed E-state index contributed by atoms with van der Waals surface area (Å²) in [6, 6.07) is 1.91. The van der Waals surface area contributed by atoms with Crippen molar-refractivity contribution in [2.75, 3.05) is 25.4 Å². The van der Waals surface area contributed by atoms with Gasteiger partial charge in [0.05, 0.1) is 5.39 Å². The summed E-state index contributed by atoms with van der Waals surface area (Å²) in [5, 5.41) is 0.787. The number of anilines is 1. The van der Waals surface area contributed by atoms with E-state index in [2.05, 4.69) is 14.9 Å². The van der Waals surface area contributed by atoms with Crippen molar-refractivity contribution in [3.8, 4) is 0 Å². The Hall–Kier alpha value is -2.27. The molecule has 2 aromatic rings. The van der Waals surface area contributed by atoms with Crippen molar-refractivity contribution in [1.29, 1.82) is 0 Å². The van der Waals surface area contributed by atoms with Crippen molar-refractivity contribution in [2.24, 2.45) is 5.92 Å². The number of fused-ring (bicyclic) bond motifs is 2. The maximum Gasteiger partial charge on any atom is 0.306 e. The van der Waals surface area contributed by atoms with Crippen LogP contribution in [0.4, 0.5) is 5.82 Å². The molecule has 0 amide bonds. The van der Waals surface area contributed by atoms with Crippen LogP contribution < -0.4 is 5.73 Å². The monoisotopic (exact) mass is 487 g/mol. The summed E-state index contributed by atoms with van der Waals surface area (Å²) in [6.45, 7) is 12.1. The number of carbonyl (C=O) groups is 1. The fraction of sp³-hybridized carbons (Fsp3) is 0.720. The average Bonchev–Trinajstić information content (AvgIpc) is 3.39. The third-order valence-electron chi connectivity index (χ3n) is 6.86. The zero-order chi connectivity index (χ0) is 25.0. The van der Waals surface area contributed by atoms with E-state index in [-0.39, 0.29) is 36.4 Å². The number of hydrogen-bond acceptors (Lipinski definition) is 9. The van der Waals surface area contributed by atoms with E-state index in [9.17, 15) is 4.79 Å². The number of likely N-dealkylation sites (tertiary alicyclic amines) is 1. The summed E-state index contributed by atoms with van der Waals surface area (Å²) in [4.78, 5) is 23.3. The smallest absolute Gasteiger partial charge is 0.306 e. The number of nitrogen functional groups attached to an aromatic ring is 1. The SMILES string of the molecule is CC(C)(C)OC(=O)CC1CCCN(C[C@H]2O[C@@H](n3ccc4c(N)ncnc43)[C@@H]3OC(C)(C)O[C@@H]32)C1. The van der Waals surface area contributed by atoms with E-state index in [0.717, 1.165) is 31.3 Å². The van der Waals surface area contributed by atoms with Crippen LogP contribution in [0.2, 0.25) is 0 Å². The Morgan fingerprint density at radius 3 is 2.80 bits per heavy atom. The van der Waals surface area contributed by atoms with Crippen LogP contribution in [0.3, 0.4) is 0 Å². The minimum atomic E-state index is -0.701. The lowest BCUT2D eigenvalue weighted by Gasteiger charge is -2.35. The fourth-order valence-electron chi connectivity index (χ4n) is 5.58. The van der Waals surface area contributed by atoms with Gasteiger partial charge in [-0.05, 0) is 66.0 Å². The molecule has 0 radical (unpaired) electrons. The highest BCUT2D eigenvalue weighted by molar-refractivity contribution is 5.86. The molecule has 0 spiro atoms. The molecule has 3 saturated heterocycles. The van der Waals surface area contributed by atoms with Gasteiger partial charge in [0.2, 0.25) is 0 Å². The predicted octanol–water partition coefficient (Wildman–Crippen LogP) is 2.87.